The van der Waals surface area contributed by atoms with Crippen LogP contribution in [-0.2, 0) is 34.2 Å². The number of esters is 2. The van der Waals surface area contributed by atoms with Gasteiger partial charge < -0.3 is 20.1 Å². The first-order valence-electron chi connectivity index (χ1n) is 20.7. The van der Waals surface area contributed by atoms with Gasteiger partial charge in [0.1, 0.15) is 28.3 Å². The van der Waals surface area contributed by atoms with E-state index in [1.54, 1.807) is 26.2 Å². The van der Waals surface area contributed by atoms with Gasteiger partial charge in [-0.25, -0.2) is 14.6 Å². The maximum atomic E-state index is 14.5. The number of amides is 2. The van der Waals surface area contributed by atoms with Gasteiger partial charge in [-0.15, -0.1) is 34.7 Å². The second-order valence-corrected chi connectivity index (χ2v) is 18.4. The number of carbonyl (C=O) groups is 4. The predicted molar refractivity (Wildman–Crippen MR) is 252 cm³/mol. The summed E-state index contributed by atoms with van der Waals surface area (Å²) in [5.41, 5.74) is 3.30. The highest BCUT2D eigenvalue weighted by atomic mass is 35.5. The van der Waals surface area contributed by atoms with Crippen molar-refractivity contribution in [3.05, 3.63) is 208 Å². The van der Waals surface area contributed by atoms with Gasteiger partial charge in [0.25, 0.3) is 11.8 Å². The molecule has 13 heteroatoms. The number of thioether (sulfide) groups is 1. The fourth-order valence-electron chi connectivity index (χ4n) is 7.84. The first-order valence-corrected chi connectivity index (χ1v) is 23.1. The molecule has 1 saturated heterocycles. The van der Waals surface area contributed by atoms with E-state index >= 15 is 0 Å². The van der Waals surface area contributed by atoms with Crippen LogP contribution in [0.5, 0.6) is 0 Å². The molecular weight excluding hydrogens is 864 g/mol. The highest BCUT2D eigenvalue weighted by Crippen LogP contribution is 2.43. The van der Waals surface area contributed by atoms with E-state index in [4.69, 9.17) is 26.1 Å². The first-order chi connectivity index (χ1) is 31.0. The molecule has 2 amide bonds. The summed E-state index contributed by atoms with van der Waals surface area (Å²) in [5.74, 6) is -2.38. The van der Waals surface area contributed by atoms with Crippen LogP contribution >= 0.6 is 34.7 Å². The van der Waals surface area contributed by atoms with Crippen molar-refractivity contribution in [1.29, 1.82) is 0 Å². The van der Waals surface area contributed by atoms with Crippen LogP contribution in [0.4, 0.5) is 5.13 Å². The van der Waals surface area contributed by atoms with Gasteiger partial charge in [0, 0.05) is 23.1 Å². The summed E-state index contributed by atoms with van der Waals surface area (Å²) in [5, 5.41) is 8.08. The molecule has 5 aromatic carbocycles. The number of anilines is 1. The van der Waals surface area contributed by atoms with E-state index in [9.17, 15) is 19.2 Å². The van der Waals surface area contributed by atoms with E-state index in [2.05, 4.69) is 10.6 Å². The maximum Gasteiger partial charge on any atom is 0.356 e. The van der Waals surface area contributed by atoms with Crippen molar-refractivity contribution in [2.75, 3.05) is 16.9 Å². The number of benzene rings is 5. The zero-order valence-electron chi connectivity index (χ0n) is 35.3. The number of hydrogen-bond acceptors (Lipinski definition) is 10. The number of fused-ring (bicyclic) bond motifs is 1. The Morgan fingerprint density at radius 2 is 1.30 bits per heavy atom. The summed E-state index contributed by atoms with van der Waals surface area (Å²) in [7, 11) is 0. The molecule has 3 heterocycles. The van der Waals surface area contributed by atoms with Crippen LogP contribution in [-0.4, -0.2) is 62.3 Å². The van der Waals surface area contributed by atoms with E-state index in [1.165, 1.54) is 28.0 Å². The van der Waals surface area contributed by atoms with Gasteiger partial charge in [-0.1, -0.05) is 152 Å². The van der Waals surface area contributed by atoms with Crippen molar-refractivity contribution in [1.82, 2.24) is 15.2 Å². The standard InChI is InChI=1S/C51H45ClN4O6S2/c1-50(2,3)62-41(57)29-39(40-32-64-49(53-40)55-51(36-23-13-6-14-24-36,37-25-15-7-16-26-37)38-27-17-8-18-28-38)45(58)54-42-46(59)56-43(35(30-52)31-63-47(42)56)48(60)61-44(33-19-9-4-10-20-33)34-21-11-5-12-22-34/h4-29,32,42,44,47H,30-31H2,1-3H3,(H,53,55)(H,54,58)/b39-29+/t42?,47-/m1/s1. The van der Waals surface area contributed by atoms with E-state index < -0.39 is 52.4 Å². The van der Waals surface area contributed by atoms with Crippen LogP contribution in [0.2, 0.25) is 0 Å². The third-order valence-corrected chi connectivity index (χ3v) is 13.1. The molecule has 1 unspecified atom stereocenters. The second-order valence-electron chi connectivity index (χ2n) is 16.2. The smallest absolute Gasteiger partial charge is 0.356 e. The lowest BCUT2D eigenvalue weighted by molar-refractivity contribution is -0.154. The van der Waals surface area contributed by atoms with Gasteiger partial charge in [-0.2, -0.15) is 0 Å². The monoisotopic (exact) mass is 908 g/mol. The van der Waals surface area contributed by atoms with E-state index in [0.29, 0.717) is 16.5 Å². The van der Waals surface area contributed by atoms with Gasteiger partial charge in [-0.05, 0) is 54.2 Å². The van der Waals surface area contributed by atoms with Crippen molar-refractivity contribution < 1.29 is 28.7 Å². The first kappa shape index (κ1) is 44.1. The summed E-state index contributed by atoms with van der Waals surface area (Å²) in [6, 6.07) is 47.7. The maximum absolute atomic E-state index is 14.5. The molecule has 8 rings (SSSR count). The lowest BCUT2D eigenvalue weighted by atomic mass is 9.77. The average Bonchev–Trinajstić information content (AvgIpc) is 3.79. The molecule has 1 fully saturated rings. The normalized spacial score (nSPS) is 16.4. The van der Waals surface area contributed by atoms with E-state index in [0.717, 1.165) is 33.9 Å². The number of halogens is 1. The summed E-state index contributed by atoms with van der Waals surface area (Å²) < 4.78 is 11.8. The van der Waals surface area contributed by atoms with Crippen LogP contribution < -0.4 is 10.6 Å². The molecule has 0 radical (unpaired) electrons. The Labute approximate surface area is 385 Å². The Kier molecular flexibility index (Phi) is 13.2. The van der Waals surface area contributed by atoms with Gasteiger partial charge in [0.2, 0.25) is 0 Å². The van der Waals surface area contributed by atoms with Crippen molar-refractivity contribution in [3.63, 3.8) is 0 Å². The molecule has 0 spiro atoms. The number of nitrogens with zero attached hydrogens (tertiary/aromatic N) is 2. The zero-order valence-corrected chi connectivity index (χ0v) is 37.7. The summed E-state index contributed by atoms with van der Waals surface area (Å²) in [4.78, 5) is 62.5. The summed E-state index contributed by atoms with van der Waals surface area (Å²) >= 11 is 9.03. The molecule has 0 saturated carbocycles. The Bertz CT molecular complexity index is 2550. The third kappa shape index (κ3) is 9.26. The third-order valence-electron chi connectivity index (χ3n) is 10.7. The van der Waals surface area contributed by atoms with Crippen molar-refractivity contribution in [2.24, 2.45) is 0 Å². The molecular formula is C51H45ClN4O6S2. The number of hydrogen-bond donors (Lipinski definition) is 2. The highest BCUT2D eigenvalue weighted by Gasteiger charge is 2.55. The molecule has 2 aliphatic rings. The number of rotatable bonds is 14. The Morgan fingerprint density at radius 3 is 1.78 bits per heavy atom. The molecule has 324 valence electrons. The number of nitrogens with one attached hydrogen (secondary N) is 2. The Balaban J connectivity index is 1.09. The molecule has 6 aromatic rings. The Hall–Kier alpha value is -6.47. The second kappa shape index (κ2) is 19.1. The zero-order chi connectivity index (χ0) is 44.8. The number of carbonyl (C=O) groups excluding carboxylic acids is 4. The van der Waals surface area contributed by atoms with Gasteiger partial charge in [0.05, 0.1) is 11.3 Å². The minimum atomic E-state index is -1.05. The topological polar surface area (TPSA) is 127 Å². The highest BCUT2D eigenvalue weighted by molar-refractivity contribution is 8.00. The minimum absolute atomic E-state index is 0.00459. The fourth-order valence-corrected chi connectivity index (χ4v) is 10.3. The number of aromatic nitrogens is 1. The molecule has 1 aromatic heterocycles. The molecule has 0 bridgehead atoms. The summed E-state index contributed by atoms with van der Waals surface area (Å²) in [6.45, 7) is 5.19. The molecule has 0 aliphatic carbocycles. The minimum Gasteiger partial charge on any atom is -0.457 e. The summed E-state index contributed by atoms with van der Waals surface area (Å²) in [6.07, 6.45) is 0.351. The van der Waals surface area contributed by atoms with Crippen LogP contribution in [0.3, 0.4) is 0 Å². The Morgan fingerprint density at radius 1 is 0.797 bits per heavy atom. The lowest BCUT2D eigenvalue weighted by Crippen LogP contribution is -2.70. The number of ether oxygens (including phenoxy) is 2. The van der Waals surface area contributed by atoms with Crippen molar-refractivity contribution in [3.8, 4) is 0 Å². The van der Waals surface area contributed by atoms with Crippen LogP contribution in [0.15, 0.2) is 174 Å². The van der Waals surface area contributed by atoms with Gasteiger partial charge in [-0.3, -0.25) is 14.5 Å². The van der Waals surface area contributed by atoms with Crippen LogP contribution in [0, 0.1) is 0 Å². The van der Waals surface area contributed by atoms with Gasteiger partial charge >= 0.3 is 11.9 Å². The predicted octanol–water partition coefficient (Wildman–Crippen LogP) is 9.50. The van der Waals surface area contributed by atoms with Crippen LogP contribution in [0.1, 0.15) is 60.4 Å². The average molecular weight is 910 g/mol. The SMILES string of the molecule is CC(C)(C)OC(=O)/C=C(/C(=O)NC1C(=O)N2C(C(=O)OC(c3ccccc3)c3ccccc3)=C(CCl)CS[C@H]12)c1csc(NC(c2ccccc2)(c2ccccc2)c2ccccc2)n1. The fraction of sp³-hybridized carbons (Fsp3) is 0.196. The lowest BCUT2D eigenvalue weighted by Gasteiger charge is -2.49. The number of β-lactam (4-membered cyclic amide) rings is 1. The largest absolute Gasteiger partial charge is 0.457 e. The molecule has 2 atom stereocenters. The molecule has 10 nitrogen and oxygen atoms in total. The number of thiazole rings is 1. The van der Waals surface area contributed by atoms with Crippen LogP contribution in [0.25, 0.3) is 5.57 Å². The molecule has 2 N–H and O–H groups in total. The van der Waals surface area contributed by atoms with E-state index in [1.807, 2.05) is 152 Å². The number of alkyl halides is 1. The van der Waals surface area contributed by atoms with Crippen molar-refractivity contribution >= 4 is 69.2 Å². The van der Waals surface area contributed by atoms with E-state index in [-0.39, 0.29) is 22.8 Å². The van der Waals surface area contributed by atoms with Gasteiger partial charge in [0.15, 0.2) is 11.2 Å². The molecule has 64 heavy (non-hydrogen) atoms. The molecule has 2 aliphatic heterocycles. The van der Waals surface area contributed by atoms with Crippen molar-refractivity contribution in [2.45, 2.75) is 49.4 Å². The quantitative estimate of drug-likeness (QED) is 0.0362.